The van der Waals surface area contributed by atoms with Gasteiger partial charge in [-0.1, -0.05) is 30.3 Å². The van der Waals surface area contributed by atoms with Gasteiger partial charge in [0.05, 0.1) is 19.3 Å². The van der Waals surface area contributed by atoms with Gasteiger partial charge in [0.15, 0.2) is 0 Å². The highest BCUT2D eigenvalue weighted by Crippen LogP contribution is 2.63. The highest BCUT2D eigenvalue weighted by Gasteiger charge is 2.53. The average molecular weight is 389 g/mol. The molecule has 1 N–H and O–H groups in total. The minimum atomic E-state index is 0.154. The summed E-state index contributed by atoms with van der Waals surface area (Å²) >= 11 is 0. The molecule has 0 radical (unpaired) electrons. The van der Waals surface area contributed by atoms with E-state index in [1.807, 2.05) is 11.0 Å². The van der Waals surface area contributed by atoms with E-state index in [1.54, 1.807) is 0 Å². The number of ether oxygens (including phenoxy) is 1. The van der Waals surface area contributed by atoms with Crippen LogP contribution in [-0.2, 0) is 4.74 Å². The van der Waals surface area contributed by atoms with Gasteiger partial charge in [-0.05, 0) is 72.3 Å². The van der Waals surface area contributed by atoms with Gasteiger partial charge in [-0.25, -0.2) is 0 Å². The molecule has 2 heterocycles. The van der Waals surface area contributed by atoms with Gasteiger partial charge in [0.25, 0.3) is 5.91 Å². The smallest absolute Gasteiger partial charge is 0.254 e. The molecule has 150 valence electrons. The molecule has 0 aromatic heterocycles. The monoisotopic (exact) mass is 388 g/mol. The van der Waals surface area contributed by atoms with Crippen molar-refractivity contribution in [2.45, 2.75) is 31.2 Å². The summed E-state index contributed by atoms with van der Waals surface area (Å²) in [5.74, 6) is 2.94. The Labute approximate surface area is 172 Å². The van der Waals surface area contributed by atoms with Crippen LogP contribution in [0.25, 0.3) is 0 Å². The molecule has 2 aliphatic carbocycles. The predicted molar refractivity (Wildman–Crippen MR) is 113 cm³/mol. The van der Waals surface area contributed by atoms with E-state index in [0.29, 0.717) is 44.2 Å². The molecule has 5 atom stereocenters. The molecule has 1 amide bonds. The zero-order valence-corrected chi connectivity index (χ0v) is 16.7. The van der Waals surface area contributed by atoms with Crippen LogP contribution in [0.1, 0.15) is 52.7 Å². The van der Waals surface area contributed by atoms with E-state index in [0.717, 1.165) is 17.4 Å². The molecule has 2 aliphatic heterocycles. The van der Waals surface area contributed by atoms with Gasteiger partial charge in [-0.15, -0.1) is 0 Å². The van der Waals surface area contributed by atoms with E-state index in [2.05, 4.69) is 47.8 Å². The van der Waals surface area contributed by atoms with Crippen molar-refractivity contribution in [2.24, 2.45) is 17.8 Å². The Bertz CT molecular complexity index is 922. The van der Waals surface area contributed by atoms with Crippen LogP contribution in [0.15, 0.2) is 48.5 Å². The van der Waals surface area contributed by atoms with E-state index in [-0.39, 0.29) is 5.91 Å². The van der Waals surface area contributed by atoms with Crippen molar-refractivity contribution in [3.05, 3.63) is 65.2 Å². The molecule has 2 saturated carbocycles. The van der Waals surface area contributed by atoms with E-state index in [1.165, 1.54) is 36.1 Å². The Hall–Kier alpha value is -2.33. The number of morpholine rings is 1. The van der Waals surface area contributed by atoms with Gasteiger partial charge in [-0.2, -0.15) is 0 Å². The molecule has 0 unspecified atom stereocenters. The number of anilines is 1. The zero-order valence-electron chi connectivity index (χ0n) is 16.7. The standard InChI is InChI=1S/C25H28N2O2/c28-25(27-10-12-29-13-11-27)19-8-9-21-20(15-19)22-17-6-7-18(14-17)23(22)24(26-21)16-4-2-1-3-5-16/h1-5,8-9,15,17-18,22-24,26H,6-7,10-14H2/t17-,18-,22-,23+,24+/m0/s1. The number of fused-ring (bicyclic) bond motifs is 7. The molecule has 2 aromatic rings. The fourth-order valence-electron chi connectivity index (χ4n) is 6.56. The van der Waals surface area contributed by atoms with Gasteiger partial charge in [0, 0.05) is 24.3 Å². The van der Waals surface area contributed by atoms with Gasteiger partial charge >= 0.3 is 0 Å². The van der Waals surface area contributed by atoms with Crippen molar-refractivity contribution in [1.29, 1.82) is 0 Å². The molecular weight excluding hydrogens is 360 g/mol. The Morgan fingerprint density at radius 3 is 2.62 bits per heavy atom. The predicted octanol–water partition coefficient (Wildman–Crippen LogP) is 4.46. The van der Waals surface area contributed by atoms with E-state index >= 15 is 0 Å². The minimum absolute atomic E-state index is 0.154. The Balaban J connectivity index is 1.38. The third-order valence-electron chi connectivity index (χ3n) is 7.79. The molecule has 29 heavy (non-hydrogen) atoms. The molecule has 3 fully saturated rings. The number of amides is 1. The zero-order chi connectivity index (χ0) is 19.4. The first-order valence-electron chi connectivity index (χ1n) is 11.1. The molecule has 1 saturated heterocycles. The van der Waals surface area contributed by atoms with Crippen LogP contribution in [0.4, 0.5) is 5.69 Å². The summed E-state index contributed by atoms with van der Waals surface area (Å²) in [6, 6.07) is 17.7. The van der Waals surface area contributed by atoms with Crippen LogP contribution < -0.4 is 5.32 Å². The first kappa shape index (κ1) is 17.5. The Morgan fingerprint density at radius 2 is 1.79 bits per heavy atom. The van der Waals surface area contributed by atoms with Crippen molar-refractivity contribution in [3.63, 3.8) is 0 Å². The van der Waals surface area contributed by atoms with Crippen molar-refractivity contribution in [3.8, 4) is 0 Å². The molecule has 4 aliphatic rings. The van der Waals surface area contributed by atoms with Gasteiger partial charge in [-0.3, -0.25) is 4.79 Å². The van der Waals surface area contributed by atoms with Crippen molar-refractivity contribution in [1.82, 2.24) is 4.90 Å². The summed E-state index contributed by atoms with van der Waals surface area (Å²) in [4.78, 5) is 15.0. The number of nitrogens with zero attached hydrogens (tertiary/aromatic N) is 1. The van der Waals surface area contributed by atoms with Crippen LogP contribution >= 0.6 is 0 Å². The Morgan fingerprint density at radius 1 is 1.00 bits per heavy atom. The molecule has 4 heteroatoms. The summed E-state index contributed by atoms with van der Waals surface area (Å²) in [6.07, 6.45) is 4.05. The number of hydrogen-bond acceptors (Lipinski definition) is 3. The molecule has 0 spiro atoms. The summed E-state index contributed by atoms with van der Waals surface area (Å²) in [7, 11) is 0. The van der Waals surface area contributed by atoms with E-state index < -0.39 is 0 Å². The topological polar surface area (TPSA) is 41.6 Å². The van der Waals surface area contributed by atoms with Crippen LogP contribution in [0.2, 0.25) is 0 Å². The number of nitrogens with one attached hydrogen (secondary N) is 1. The summed E-state index contributed by atoms with van der Waals surface area (Å²) < 4.78 is 5.42. The summed E-state index contributed by atoms with van der Waals surface area (Å²) in [5.41, 5.74) is 4.85. The lowest BCUT2D eigenvalue weighted by Crippen LogP contribution is -2.41. The van der Waals surface area contributed by atoms with Crippen LogP contribution in [0.5, 0.6) is 0 Å². The first-order chi connectivity index (χ1) is 14.3. The minimum Gasteiger partial charge on any atom is -0.378 e. The van der Waals surface area contributed by atoms with Crippen LogP contribution in [0, 0.1) is 17.8 Å². The first-order valence-corrected chi connectivity index (χ1v) is 11.1. The Kier molecular flexibility index (Phi) is 4.15. The summed E-state index contributed by atoms with van der Waals surface area (Å²) in [6.45, 7) is 2.68. The maximum atomic E-state index is 13.1. The highest BCUT2D eigenvalue weighted by atomic mass is 16.5. The van der Waals surface area contributed by atoms with Crippen molar-refractivity contribution >= 4 is 11.6 Å². The van der Waals surface area contributed by atoms with Crippen LogP contribution in [0.3, 0.4) is 0 Å². The SMILES string of the molecule is O=C(c1ccc2c(c1)[C@@H]1[C@H]3CC[C@@H](C3)[C@H]1[C@@H](c1ccccc1)N2)N1CCOCC1. The van der Waals surface area contributed by atoms with Gasteiger partial charge in [0.2, 0.25) is 0 Å². The quantitative estimate of drug-likeness (QED) is 0.826. The maximum absolute atomic E-state index is 13.1. The lowest BCUT2D eigenvalue weighted by Gasteiger charge is -2.43. The molecule has 2 bridgehead atoms. The normalized spacial score (nSPS) is 32.4. The third-order valence-corrected chi connectivity index (χ3v) is 7.79. The van der Waals surface area contributed by atoms with Crippen molar-refractivity contribution < 1.29 is 9.53 Å². The van der Waals surface area contributed by atoms with Gasteiger partial charge < -0.3 is 15.0 Å². The fraction of sp³-hybridized carbons (Fsp3) is 0.480. The average Bonchev–Trinajstić information content (AvgIpc) is 3.42. The number of carbonyl (C=O) groups excluding carboxylic acids is 1. The molecular formula is C25H28N2O2. The molecule has 4 nitrogen and oxygen atoms in total. The van der Waals surface area contributed by atoms with E-state index in [9.17, 15) is 4.79 Å². The lowest BCUT2D eigenvalue weighted by molar-refractivity contribution is 0.0303. The fourth-order valence-corrected chi connectivity index (χ4v) is 6.56. The van der Waals surface area contributed by atoms with Gasteiger partial charge in [0.1, 0.15) is 0 Å². The van der Waals surface area contributed by atoms with Crippen LogP contribution in [-0.4, -0.2) is 37.1 Å². The molecule has 6 rings (SSSR count). The maximum Gasteiger partial charge on any atom is 0.254 e. The number of rotatable bonds is 2. The number of benzene rings is 2. The number of carbonyl (C=O) groups is 1. The second-order valence-corrected chi connectivity index (χ2v) is 9.18. The molecule has 2 aromatic carbocycles. The second-order valence-electron chi connectivity index (χ2n) is 9.18. The highest BCUT2D eigenvalue weighted by molar-refractivity contribution is 5.95. The largest absolute Gasteiger partial charge is 0.378 e. The van der Waals surface area contributed by atoms with E-state index in [4.69, 9.17) is 4.74 Å². The summed E-state index contributed by atoms with van der Waals surface area (Å²) in [5, 5.41) is 3.87. The lowest BCUT2D eigenvalue weighted by atomic mass is 9.68. The second kappa shape index (κ2) is 6.88. The van der Waals surface area contributed by atoms with Crippen molar-refractivity contribution in [2.75, 3.05) is 31.6 Å². The third kappa shape index (κ3) is 2.80. The number of hydrogen-bond donors (Lipinski definition) is 1.